The van der Waals surface area contributed by atoms with E-state index in [-0.39, 0.29) is 6.10 Å². The summed E-state index contributed by atoms with van der Waals surface area (Å²) in [5, 5.41) is 13.4. The van der Waals surface area contributed by atoms with E-state index in [1.807, 2.05) is 0 Å². The van der Waals surface area contributed by atoms with E-state index in [1.165, 1.54) is 19.3 Å². The van der Waals surface area contributed by atoms with E-state index in [2.05, 4.69) is 31.0 Å². The average molecular weight is 228 g/mol. The SMILES string of the molecule is CCN(CC)CC(O)CNC1CCC(C)C1. The summed E-state index contributed by atoms with van der Waals surface area (Å²) in [6, 6.07) is 0.640. The van der Waals surface area contributed by atoms with E-state index in [0.29, 0.717) is 6.04 Å². The topological polar surface area (TPSA) is 35.5 Å². The molecule has 0 heterocycles. The number of aliphatic hydroxyl groups excluding tert-OH is 1. The molecular weight excluding hydrogens is 200 g/mol. The van der Waals surface area contributed by atoms with Crippen LogP contribution in [0.4, 0.5) is 0 Å². The van der Waals surface area contributed by atoms with Crippen molar-refractivity contribution in [2.24, 2.45) is 5.92 Å². The van der Waals surface area contributed by atoms with Gasteiger partial charge in [0, 0.05) is 19.1 Å². The molecule has 0 aromatic heterocycles. The molecule has 0 amide bonds. The van der Waals surface area contributed by atoms with E-state index in [9.17, 15) is 5.11 Å². The molecule has 0 bridgehead atoms. The summed E-state index contributed by atoms with van der Waals surface area (Å²) in [4.78, 5) is 2.27. The fraction of sp³-hybridized carbons (Fsp3) is 1.00. The van der Waals surface area contributed by atoms with Gasteiger partial charge < -0.3 is 15.3 Å². The third-order valence-electron chi connectivity index (χ3n) is 3.70. The number of rotatable bonds is 7. The predicted molar refractivity (Wildman–Crippen MR) is 68.6 cm³/mol. The van der Waals surface area contributed by atoms with Crippen molar-refractivity contribution < 1.29 is 5.11 Å². The number of hydrogen-bond donors (Lipinski definition) is 2. The highest BCUT2D eigenvalue weighted by molar-refractivity contribution is 4.79. The molecule has 1 aliphatic rings. The van der Waals surface area contributed by atoms with Crippen LogP contribution in [-0.2, 0) is 0 Å². The van der Waals surface area contributed by atoms with Crippen molar-refractivity contribution in [1.82, 2.24) is 10.2 Å². The van der Waals surface area contributed by atoms with E-state index in [0.717, 1.165) is 32.1 Å². The van der Waals surface area contributed by atoms with Crippen molar-refractivity contribution in [1.29, 1.82) is 0 Å². The minimum absolute atomic E-state index is 0.226. The summed E-state index contributed by atoms with van der Waals surface area (Å²) in [5.74, 6) is 0.859. The van der Waals surface area contributed by atoms with E-state index in [4.69, 9.17) is 0 Å². The van der Waals surface area contributed by atoms with Crippen LogP contribution in [0.2, 0.25) is 0 Å². The van der Waals surface area contributed by atoms with Crippen LogP contribution in [0.3, 0.4) is 0 Å². The molecule has 16 heavy (non-hydrogen) atoms. The molecule has 1 saturated carbocycles. The van der Waals surface area contributed by atoms with Gasteiger partial charge in [-0.1, -0.05) is 20.8 Å². The minimum Gasteiger partial charge on any atom is -0.390 e. The first-order valence-corrected chi connectivity index (χ1v) is 6.79. The molecule has 1 fully saturated rings. The standard InChI is InChI=1S/C13H28N2O/c1-4-15(5-2)10-13(16)9-14-12-7-6-11(3)8-12/h11-14,16H,4-10H2,1-3H3. The van der Waals surface area contributed by atoms with Crippen LogP contribution in [0, 0.1) is 5.92 Å². The Hall–Kier alpha value is -0.120. The number of nitrogens with one attached hydrogen (secondary N) is 1. The van der Waals surface area contributed by atoms with Gasteiger partial charge in [0.2, 0.25) is 0 Å². The summed E-state index contributed by atoms with van der Waals surface area (Å²) < 4.78 is 0. The van der Waals surface area contributed by atoms with Crippen molar-refractivity contribution in [2.75, 3.05) is 26.2 Å². The average Bonchev–Trinajstić information content (AvgIpc) is 2.69. The van der Waals surface area contributed by atoms with E-state index < -0.39 is 0 Å². The Bertz CT molecular complexity index is 183. The molecule has 3 nitrogen and oxygen atoms in total. The second kappa shape index (κ2) is 7.25. The summed E-state index contributed by atoms with van der Waals surface area (Å²) in [6.45, 7) is 10.2. The lowest BCUT2D eigenvalue weighted by Crippen LogP contribution is -2.41. The van der Waals surface area contributed by atoms with Gasteiger partial charge >= 0.3 is 0 Å². The number of aliphatic hydroxyl groups is 1. The Morgan fingerprint density at radius 1 is 1.31 bits per heavy atom. The Morgan fingerprint density at radius 3 is 2.50 bits per heavy atom. The lowest BCUT2D eigenvalue weighted by molar-refractivity contribution is 0.114. The van der Waals surface area contributed by atoms with Gasteiger partial charge in [0.05, 0.1) is 6.10 Å². The smallest absolute Gasteiger partial charge is 0.0791 e. The fourth-order valence-electron chi connectivity index (χ4n) is 2.54. The molecule has 0 aromatic carbocycles. The first-order chi connectivity index (χ1) is 7.65. The van der Waals surface area contributed by atoms with Crippen LogP contribution in [0.15, 0.2) is 0 Å². The van der Waals surface area contributed by atoms with Crippen LogP contribution in [-0.4, -0.2) is 48.3 Å². The quantitative estimate of drug-likeness (QED) is 0.692. The third-order valence-corrected chi connectivity index (χ3v) is 3.70. The maximum Gasteiger partial charge on any atom is 0.0791 e. The molecular formula is C13H28N2O. The molecule has 0 aliphatic heterocycles. The molecule has 1 aliphatic carbocycles. The second-order valence-electron chi connectivity index (χ2n) is 5.16. The molecule has 96 valence electrons. The normalized spacial score (nSPS) is 27.6. The number of hydrogen-bond acceptors (Lipinski definition) is 3. The lowest BCUT2D eigenvalue weighted by Gasteiger charge is -2.23. The Balaban J connectivity index is 2.12. The van der Waals surface area contributed by atoms with Gasteiger partial charge in [0.15, 0.2) is 0 Å². The number of nitrogens with zero attached hydrogens (tertiary/aromatic N) is 1. The third kappa shape index (κ3) is 4.81. The molecule has 3 heteroatoms. The van der Waals surface area contributed by atoms with Crippen LogP contribution in [0.25, 0.3) is 0 Å². The van der Waals surface area contributed by atoms with Crippen molar-refractivity contribution >= 4 is 0 Å². The van der Waals surface area contributed by atoms with Crippen molar-refractivity contribution in [2.45, 2.75) is 52.2 Å². The number of likely N-dealkylation sites (N-methyl/N-ethyl adjacent to an activating group) is 1. The zero-order chi connectivity index (χ0) is 12.0. The Morgan fingerprint density at radius 2 is 2.00 bits per heavy atom. The summed E-state index contributed by atoms with van der Waals surface area (Å²) in [7, 11) is 0. The summed E-state index contributed by atoms with van der Waals surface area (Å²) in [6.07, 6.45) is 3.66. The predicted octanol–water partition coefficient (Wildman–Crippen LogP) is 1.47. The fourth-order valence-corrected chi connectivity index (χ4v) is 2.54. The van der Waals surface area contributed by atoms with E-state index in [1.54, 1.807) is 0 Å². The van der Waals surface area contributed by atoms with E-state index >= 15 is 0 Å². The lowest BCUT2D eigenvalue weighted by atomic mass is 10.1. The molecule has 3 unspecified atom stereocenters. The van der Waals surface area contributed by atoms with Crippen LogP contribution in [0.5, 0.6) is 0 Å². The first kappa shape index (κ1) is 13.9. The molecule has 0 saturated heterocycles. The highest BCUT2D eigenvalue weighted by Gasteiger charge is 2.21. The minimum atomic E-state index is -0.226. The summed E-state index contributed by atoms with van der Waals surface area (Å²) >= 11 is 0. The van der Waals surface area contributed by atoms with Gasteiger partial charge in [-0.25, -0.2) is 0 Å². The molecule has 2 N–H and O–H groups in total. The molecule has 1 rings (SSSR count). The summed E-state index contributed by atoms with van der Waals surface area (Å²) in [5.41, 5.74) is 0. The van der Waals surface area contributed by atoms with Gasteiger partial charge in [-0.05, 0) is 38.3 Å². The molecule has 0 radical (unpaired) electrons. The highest BCUT2D eigenvalue weighted by Crippen LogP contribution is 2.24. The molecule has 0 spiro atoms. The molecule has 3 atom stereocenters. The zero-order valence-corrected chi connectivity index (χ0v) is 11.1. The van der Waals surface area contributed by atoms with Gasteiger partial charge in [0.25, 0.3) is 0 Å². The zero-order valence-electron chi connectivity index (χ0n) is 11.1. The first-order valence-electron chi connectivity index (χ1n) is 6.79. The van der Waals surface area contributed by atoms with Crippen molar-refractivity contribution in [3.63, 3.8) is 0 Å². The van der Waals surface area contributed by atoms with Crippen LogP contribution < -0.4 is 5.32 Å². The Kier molecular flexibility index (Phi) is 6.32. The maximum absolute atomic E-state index is 9.90. The van der Waals surface area contributed by atoms with Crippen LogP contribution in [0.1, 0.15) is 40.0 Å². The van der Waals surface area contributed by atoms with Crippen LogP contribution >= 0.6 is 0 Å². The van der Waals surface area contributed by atoms with Gasteiger partial charge in [-0.2, -0.15) is 0 Å². The van der Waals surface area contributed by atoms with Crippen molar-refractivity contribution in [3.8, 4) is 0 Å². The monoisotopic (exact) mass is 228 g/mol. The molecule has 0 aromatic rings. The van der Waals surface area contributed by atoms with Crippen molar-refractivity contribution in [3.05, 3.63) is 0 Å². The largest absolute Gasteiger partial charge is 0.390 e. The highest BCUT2D eigenvalue weighted by atomic mass is 16.3. The van der Waals surface area contributed by atoms with Gasteiger partial charge in [-0.3, -0.25) is 0 Å². The maximum atomic E-state index is 9.90. The Labute approximate surface area is 100 Å². The van der Waals surface area contributed by atoms with Gasteiger partial charge in [0.1, 0.15) is 0 Å². The second-order valence-corrected chi connectivity index (χ2v) is 5.16. The van der Waals surface area contributed by atoms with Gasteiger partial charge in [-0.15, -0.1) is 0 Å².